The molecule has 0 unspecified atom stereocenters. The van der Waals surface area contributed by atoms with Gasteiger partial charge in [0.2, 0.25) is 0 Å². The van der Waals surface area contributed by atoms with Gasteiger partial charge in [0.1, 0.15) is 6.67 Å². The number of rotatable bonds is 5. The summed E-state index contributed by atoms with van der Waals surface area (Å²) in [5, 5.41) is 0. The van der Waals surface area contributed by atoms with Crippen molar-refractivity contribution in [3.8, 4) is 0 Å². The molecule has 0 amide bonds. The SMILES string of the molecule is Nc1ccccc1CN(CCF)C1CC1. The van der Waals surface area contributed by atoms with Gasteiger partial charge in [0.15, 0.2) is 0 Å². The third kappa shape index (κ3) is 2.69. The number of hydrogen-bond donors (Lipinski definition) is 1. The van der Waals surface area contributed by atoms with Crippen LogP contribution in [0.3, 0.4) is 0 Å². The first-order chi connectivity index (χ1) is 7.31. The van der Waals surface area contributed by atoms with Gasteiger partial charge in [0.25, 0.3) is 0 Å². The molecule has 1 aromatic rings. The topological polar surface area (TPSA) is 29.3 Å². The molecule has 0 aromatic heterocycles. The molecule has 0 saturated heterocycles. The molecule has 0 heterocycles. The zero-order chi connectivity index (χ0) is 10.7. The second kappa shape index (κ2) is 4.62. The number of nitrogens with zero attached hydrogens (tertiary/aromatic N) is 1. The van der Waals surface area contributed by atoms with Gasteiger partial charge < -0.3 is 5.73 Å². The van der Waals surface area contributed by atoms with Gasteiger partial charge in [-0.05, 0) is 24.5 Å². The summed E-state index contributed by atoms with van der Waals surface area (Å²) >= 11 is 0. The van der Waals surface area contributed by atoms with Gasteiger partial charge in [-0.25, -0.2) is 4.39 Å². The summed E-state index contributed by atoms with van der Waals surface area (Å²) in [5.41, 5.74) is 7.78. The highest BCUT2D eigenvalue weighted by atomic mass is 19.1. The molecule has 2 rings (SSSR count). The van der Waals surface area contributed by atoms with Crippen LogP contribution in [-0.2, 0) is 6.54 Å². The Morgan fingerprint density at radius 1 is 1.33 bits per heavy atom. The highest BCUT2D eigenvalue weighted by Crippen LogP contribution is 2.28. The molecule has 82 valence electrons. The minimum absolute atomic E-state index is 0.275. The van der Waals surface area contributed by atoms with Crippen molar-refractivity contribution in [3.63, 3.8) is 0 Å². The Bertz CT molecular complexity index is 323. The van der Waals surface area contributed by atoms with E-state index in [9.17, 15) is 4.39 Å². The standard InChI is InChI=1S/C12H17FN2/c13-7-8-15(11-5-6-11)9-10-3-1-2-4-12(10)14/h1-4,11H,5-9,14H2. The van der Waals surface area contributed by atoms with Crippen LogP contribution in [0, 0.1) is 0 Å². The van der Waals surface area contributed by atoms with Crippen LogP contribution in [-0.4, -0.2) is 24.2 Å². The Kier molecular flexibility index (Phi) is 3.21. The molecule has 0 atom stereocenters. The predicted octanol–water partition coefficient (Wildman–Crippen LogP) is 2.20. The lowest BCUT2D eigenvalue weighted by Gasteiger charge is -2.21. The lowest BCUT2D eigenvalue weighted by atomic mass is 10.1. The third-order valence-corrected chi connectivity index (χ3v) is 2.86. The zero-order valence-corrected chi connectivity index (χ0v) is 8.82. The van der Waals surface area contributed by atoms with Crippen molar-refractivity contribution in [2.75, 3.05) is 19.0 Å². The normalized spacial score (nSPS) is 15.9. The van der Waals surface area contributed by atoms with Gasteiger partial charge in [-0.15, -0.1) is 0 Å². The average molecular weight is 208 g/mol. The van der Waals surface area contributed by atoms with E-state index in [2.05, 4.69) is 4.90 Å². The van der Waals surface area contributed by atoms with Crippen LogP contribution in [0.1, 0.15) is 18.4 Å². The maximum Gasteiger partial charge on any atom is 0.102 e. The van der Waals surface area contributed by atoms with Crippen molar-refractivity contribution in [2.24, 2.45) is 0 Å². The summed E-state index contributed by atoms with van der Waals surface area (Å²) in [6, 6.07) is 8.40. The molecule has 1 aliphatic carbocycles. The van der Waals surface area contributed by atoms with E-state index < -0.39 is 0 Å². The van der Waals surface area contributed by atoms with Crippen molar-refractivity contribution in [1.82, 2.24) is 4.90 Å². The predicted molar refractivity (Wildman–Crippen MR) is 60.3 cm³/mol. The Morgan fingerprint density at radius 3 is 2.67 bits per heavy atom. The summed E-state index contributed by atoms with van der Waals surface area (Å²) in [7, 11) is 0. The van der Waals surface area contributed by atoms with Crippen molar-refractivity contribution in [3.05, 3.63) is 29.8 Å². The lowest BCUT2D eigenvalue weighted by molar-refractivity contribution is 0.231. The second-order valence-electron chi connectivity index (χ2n) is 4.09. The number of nitrogens with two attached hydrogens (primary N) is 1. The van der Waals surface area contributed by atoms with Gasteiger partial charge in [-0.3, -0.25) is 4.90 Å². The first-order valence-corrected chi connectivity index (χ1v) is 5.44. The molecule has 1 saturated carbocycles. The molecular formula is C12H17FN2. The molecule has 2 nitrogen and oxygen atoms in total. The number of benzene rings is 1. The summed E-state index contributed by atoms with van der Waals surface area (Å²) in [6.45, 7) is 1.03. The molecule has 15 heavy (non-hydrogen) atoms. The monoisotopic (exact) mass is 208 g/mol. The van der Waals surface area contributed by atoms with Gasteiger partial charge >= 0.3 is 0 Å². The smallest absolute Gasteiger partial charge is 0.102 e. The first kappa shape index (κ1) is 10.4. The summed E-state index contributed by atoms with van der Waals surface area (Å²) in [5.74, 6) is 0. The minimum Gasteiger partial charge on any atom is -0.398 e. The van der Waals surface area contributed by atoms with Crippen LogP contribution in [0.25, 0.3) is 0 Å². The van der Waals surface area contributed by atoms with E-state index in [4.69, 9.17) is 5.73 Å². The Morgan fingerprint density at radius 2 is 2.07 bits per heavy atom. The number of nitrogen functional groups attached to an aromatic ring is 1. The van der Waals surface area contributed by atoms with Crippen molar-refractivity contribution in [2.45, 2.75) is 25.4 Å². The van der Waals surface area contributed by atoms with Crippen molar-refractivity contribution >= 4 is 5.69 Å². The fraction of sp³-hybridized carbons (Fsp3) is 0.500. The van der Waals surface area contributed by atoms with E-state index in [1.54, 1.807) is 0 Å². The minimum atomic E-state index is -0.275. The van der Waals surface area contributed by atoms with Crippen LogP contribution in [0.15, 0.2) is 24.3 Å². The van der Waals surface area contributed by atoms with E-state index in [0.717, 1.165) is 17.8 Å². The molecule has 3 heteroatoms. The maximum atomic E-state index is 12.4. The quantitative estimate of drug-likeness (QED) is 0.752. The summed E-state index contributed by atoms with van der Waals surface area (Å²) < 4.78 is 12.4. The fourth-order valence-corrected chi connectivity index (χ4v) is 1.84. The Hall–Kier alpha value is -1.09. The number of hydrogen-bond acceptors (Lipinski definition) is 2. The van der Waals surface area contributed by atoms with Crippen LogP contribution in [0.5, 0.6) is 0 Å². The molecule has 0 aliphatic heterocycles. The van der Waals surface area contributed by atoms with Crippen LogP contribution < -0.4 is 5.73 Å². The van der Waals surface area contributed by atoms with E-state index in [0.29, 0.717) is 12.6 Å². The molecule has 0 spiro atoms. The second-order valence-corrected chi connectivity index (χ2v) is 4.09. The molecule has 0 radical (unpaired) electrons. The fourth-order valence-electron chi connectivity index (χ4n) is 1.84. The van der Waals surface area contributed by atoms with Gasteiger partial charge in [0, 0.05) is 24.8 Å². The first-order valence-electron chi connectivity index (χ1n) is 5.44. The molecule has 1 aliphatic rings. The van der Waals surface area contributed by atoms with Gasteiger partial charge in [0.05, 0.1) is 0 Å². The van der Waals surface area contributed by atoms with Crippen LogP contribution in [0.4, 0.5) is 10.1 Å². The van der Waals surface area contributed by atoms with E-state index in [1.807, 2.05) is 24.3 Å². The Balaban J connectivity index is 2.02. The Labute approximate surface area is 89.9 Å². The van der Waals surface area contributed by atoms with E-state index in [1.165, 1.54) is 12.8 Å². The number of halogens is 1. The van der Waals surface area contributed by atoms with Crippen LogP contribution in [0.2, 0.25) is 0 Å². The highest BCUT2D eigenvalue weighted by molar-refractivity contribution is 5.46. The molecule has 1 aromatic carbocycles. The van der Waals surface area contributed by atoms with Crippen molar-refractivity contribution < 1.29 is 4.39 Å². The number of alkyl halides is 1. The number of anilines is 1. The number of para-hydroxylation sites is 1. The summed E-state index contributed by atoms with van der Waals surface area (Å²) in [6.07, 6.45) is 2.40. The van der Waals surface area contributed by atoms with E-state index in [-0.39, 0.29) is 6.67 Å². The maximum absolute atomic E-state index is 12.4. The summed E-state index contributed by atoms with van der Waals surface area (Å²) in [4.78, 5) is 2.19. The van der Waals surface area contributed by atoms with Crippen molar-refractivity contribution in [1.29, 1.82) is 0 Å². The van der Waals surface area contributed by atoms with E-state index >= 15 is 0 Å². The van der Waals surface area contributed by atoms with Gasteiger partial charge in [-0.2, -0.15) is 0 Å². The lowest BCUT2D eigenvalue weighted by Crippen LogP contribution is -2.28. The molecule has 2 N–H and O–H groups in total. The molecule has 1 fully saturated rings. The van der Waals surface area contributed by atoms with Gasteiger partial charge in [-0.1, -0.05) is 18.2 Å². The average Bonchev–Trinajstić information content (AvgIpc) is 3.04. The molecule has 0 bridgehead atoms. The highest BCUT2D eigenvalue weighted by Gasteiger charge is 2.28. The third-order valence-electron chi connectivity index (χ3n) is 2.86. The molecular weight excluding hydrogens is 191 g/mol. The largest absolute Gasteiger partial charge is 0.398 e. The zero-order valence-electron chi connectivity index (χ0n) is 8.82. The van der Waals surface area contributed by atoms with Crippen LogP contribution >= 0.6 is 0 Å².